The number of carbonyl (C=O) groups is 1. The minimum Gasteiger partial charge on any atom is -0.326 e. The van der Waals surface area contributed by atoms with E-state index in [0.29, 0.717) is 5.92 Å². The van der Waals surface area contributed by atoms with Crippen LogP contribution in [0, 0.1) is 0 Å². The van der Waals surface area contributed by atoms with Crippen LogP contribution in [0.15, 0.2) is 24.3 Å². The molecule has 1 aromatic rings. The maximum atomic E-state index is 12.0. The second-order valence-corrected chi connectivity index (χ2v) is 7.98. The summed E-state index contributed by atoms with van der Waals surface area (Å²) in [5, 5.41) is 2.79. The molecule has 0 radical (unpaired) electrons. The van der Waals surface area contributed by atoms with E-state index in [-0.39, 0.29) is 24.9 Å². The second-order valence-electron chi connectivity index (χ2n) is 6.04. The van der Waals surface area contributed by atoms with Crippen LogP contribution in [0.1, 0.15) is 45.6 Å². The molecule has 0 bridgehead atoms. The Morgan fingerprint density at radius 3 is 2.09 bits per heavy atom. The van der Waals surface area contributed by atoms with Crippen molar-refractivity contribution < 1.29 is 13.2 Å². The summed E-state index contributed by atoms with van der Waals surface area (Å²) in [6.07, 6.45) is 1.30. The van der Waals surface area contributed by atoms with Crippen LogP contribution in [-0.2, 0) is 14.8 Å². The van der Waals surface area contributed by atoms with Crippen LogP contribution in [0.4, 0.5) is 5.69 Å². The molecule has 0 aliphatic carbocycles. The molecule has 0 fully saturated rings. The first kappa shape index (κ1) is 18.6. The van der Waals surface area contributed by atoms with Gasteiger partial charge < -0.3 is 5.32 Å². The summed E-state index contributed by atoms with van der Waals surface area (Å²) in [6.45, 7) is 8.00. The second kappa shape index (κ2) is 7.74. The van der Waals surface area contributed by atoms with Gasteiger partial charge in [0.05, 0.1) is 6.26 Å². The summed E-state index contributed by atoms with van der Waals surface area (Å²) in [5.41, 5.74) is 1.94. The number of nitrogens with zero attached hydrogens (tertiary/aromatic N) is 1. The van der Waals surface area contributed by atoms with Crippen molar-refractivity contribution in [2.75, 3.05) is 18.1 Å². The molecule has 0 saturated carbocycles. The summed E-state index contributed by atoms with van der Waals surface area (Å²) < 4.78 is 24.6. The summed E-state index contributed by atoms with van der Waals surface area (Å²) in [4.78, 5) is 12.0. The van der Waals surface area contributed by atoms with Gasteiger partial charge in [-0.25, -0.2) is 8.42 Å². The number of benzene rings is 1. The van der Waals surface area contributed by atoms with Gasteiger partial charge in [0, 0.05) is 24.7 Å². The highest BCUT2D eigenvalue weighted by Crippen LogP contribution is 2.17. The zero-order chi connectivity index (χ0) is 16.9. The van der Waals surface area contributed by atoms with E-state index in [4.69, 9.17) is 0 Å². The molecule has 1 amide bonds. The van der Waals surface area contributed by atoms with Crippen LogP contribution in [-0.4, -0.2) is 37.5 Å². The fraction of sp³-hybridized carbons (Fsp3) is 0.562. The number of hydrogen-bond acceptors (Lipinski definition) is 3. The van der Waals surface area contributed by atoms with Gasteiger partial charge in [0.2, 0.25) is 15.9 Å². The predicted molar refractivity (Wildman–Crippen MR) is 90.5 cm³/mol. The van der Waals surface area contributed by atoms with Crippen molar-refractivity contribution in [3.8, 4) is 0 Å². The molecule has 0 atom stereocenters. The molecule has 1 aromatic carbocycles. The van der Waals surface area contributed by atoms with Crippen molar-refractivity contribution in [2.24, 2.45) is 0 Å². The monoisotopic (exact) mass is 326 g/mol. The first-order valence-corrected chi connectivity index (χ1v) is 9.32. The standard InChI is InChI=1S/C16H26N2O3S/c1-12(2)14-6-8-15(9-7-14)17-16(19)10-11-18(13(3)4)22(5,20)21/h6-9,12-13H,10-11H2,1-5H3,(H,17,19). The molecular weight excluding hydrogens is 300 g/mol. The molecule has 1 N–H and O–H groups in total. The third kappa shape index (κ3) is 5.77. The summed E-state index contributed by atoms with van der Waals surface area (Å²) in [6, 6.07) is 7.54. The lowest BCUT2D eigenvalue weighted by Gasteiger charge is -2.23. The van der Waals surface area contributed by atoms with Gasteiger partial charge in [0.25, 0.3) is 0 Å². The van der Waals surface area contributed by atoms with Gasteiger partial charge in [-0.3, -0.25) is 4.79 Å². The van der Waals surface area contributed by atoms with Gasteiger partial charge in [-0.1, -0.05) is 26.0 Å². The van der Waals surface area contributed by atoms with E-state index in [0.717, 1.165) is 11.9 Å². The predicted octanol–water partition coefficient (Wildman–Crippen LogP) is 2.81. The van der Waals surface area contributed by atoms with Crippen LogP contribution in [0.5, 0.6) is 0 Å². The summed E-state index contributed by atoms with van der Waals surface area (Å²) >= 11 is 0. The van der Waals surface area contributed by atoms with E-state index < -0.39 is 10.0 Å². The van der Waals surface area contributed by atoms with Crippen molar-refractivity contribution in [1.82, 2.24) is 4.31 Å². The quantitative estimate of drug-likeness (QED) is 0.838. The highest BCUT2D eigenvalue weighted by atomic mass is 32.2. The topological polar surface area (TPSA) is 66.5 Å². The van der Waals surface area contributed by atoms with Crippen molar-refractivity contribution in [3.63, 3.8) is 0 Å². The van der Waals surface area contributed by atoms with E-state index in [9.17, 15) is 13.2 Å². The van der Waals surface area contributed by atoms with Crippen molar-refractivity contribution in [2.45, 2.75) is 46.1 Å². The van der Waals surface area contributed by atoms with Gasteiger partial charge >= 0.3 is 0 Å². The molecule has 0 saturated heterocycles. The fourth-order valence-corrected chi connectivity index (χ4v) is 3.38. The SMILES string of the molecule is CC(C)c1ccc(NC(=O)CCN(C(C)C)S(C)(=O)=O)cc1. The molecule has 0 heterocycles. The zero-order valence-electron chi connectivity index (χ0n) is 14.0. The molecule has 124 valence electrons. The van der Waals surface area contributed by atoms with Gasteiger partial charge in [0.1, 0.15) is 0 Å². The van der Waals surface area contributed by atoms with Crippen molar-refractivity contribution in [3.05, 3.63) is 29.8 Å². The van der Waals surface area contributed by atoms with E-state index in [2.05, 4.69) is 19.2 Å². The third-order valence-electron chi connectivity index (χ3n) is 3.42. The Balaban J connectivity index is 2.59. The lowest BCUT2D eigenvalue weighted by atomic mass is 10.0. The first-order valence-electron chi connectivity index (χ1n) is 7.48. The minimum absolute atomic E-state index is 0.136. The molecule has 0 unspecified atom stereocenters. The Morgan fingerprint density at radius 2 is 1.68 bits per heavy atom. The number of nitrogens with one attached hydrogen (secondary N) is 1. The van der Waals surface area contributed by atoms with Crippen LogP contribution in [0.25, 0.3) is 0 Å². The molecule has 0 spiro atoms. The Labute approximate surface area is 133 Å². The molecule has 5 nitrogen and oxygen atoms in total. The van der Waals surface area contributed by atoms with Gasteiger partial charge in [-0.05, 0) is 37.5 Å². The number of hydrogen-bond donors (Lipinski definition) is 1. The van der Waals surface area contributed by atoms with E-state index >= 15 is 0 Å². The van der Waals surface area contributed by atoms with E-state index in [1.807, 2.05) is 24.3 Å². The lowest BCUT2D eigenvalue weighted by Crippen LogP contribution is -2.38. The highest BCUT2D eigenvalue weighted by molar-refractivity contribution is 7.88. The van der Waals surface area contributed by atoms with Gasteiger partial charge in [0.15, 0.2) is 0 Å². The van der Waals surface area contributed by atoms with E-state index in [1.54, 1.807) is 13.8 Å². The molecule has 0 aliphatic heterocycles. The first-order chi connectivity index (χ1) is 10.1. The molecule has 6 heteroatoms. The normalized spacial score (nSPS) is 12.2. The summed E-state index contributed by atoms with van der Waals surface area (Å²) in [5.74, 6) is 0.255. The Bertz CT molecular complexity index is 592. The molecular formula is C16H26N2O3S. The lowest BCUT2D eigenvalue weighted by molar-refractivity contribution is -0.116. The number of sulfonamides is 1. The number of rotatable bonds is 7. The number of carbonyl (C=O) groups excluding carboxylic acids is 1. The van der Waals surface area contributed by atoms with Crippen LogP contribution in [0.2, 0.25) is 0 Å². The van der Waals surface area contributed by atoms with Gasteiger partial charge in [-0.2, -0.15) is 4.31 Å². The fourth-order valence-electron chi connectivity index (χ4n) is 2.19. The van der Waals surface area contributed by atoms with Crippen LogP contribution in [0.3, 0.4) is 0 Å². The highest BCUT2D eigenvalue weighted by Gasteiger charge is 2.20. The smallest absolute Gasteiger partial charge is 0.225 e. The Hall–Kier alpha value is -1.40. The molecule has 0 aromatic heterocycles. The number of anilines is 1. The summed E-state index contributed by atoms with van der Waals surface area (Å²) in [7, 11) is -3.29. The van der Waals surface area contributed by atoms with Crippen molar-refractivity contribution >= 4 is 21.6 Å². The maximum absolute atomic E-state index is 12.0. The third-order valence-corrected chi connectivity index (χ3v) is 4.88. The Kier molecular flexibility index (Phi) is 6.56. The van der Waals surface area contributed by atoms with Gasteiger partial charge in [-0.15, -0.1) is 0 Å². The van der Waals surface area contributed by atoms with Crippen molar-refractivity contribution in [1.29, 1.82) is 0 Å². The average molecular weight is 326 g/mol. The molecule has 0 aliphatic rings. The molecule has 22 heavy (non-hydrogen) atoms. The van der Waals surface area contributed by atoms with Crippen LogP contribution >= 0.6 is 0 Å². The minimum atomic E-state index is -3.29. The van der Waals surface area contributed by atoms with Crippen LogP contribution < -0.4 is 5.32 Å². The largest absolute Gasteiger partial charge is 0.326 e. The number of amides is 1. The maximum Gasteiger partial charge on any atom is 0.225 e. The zero-order valence-corrected chi connectivity index (χ0v) is 14.8. The Morgan fingerprint density at radius 1 is 1.14 bits per heavy atom. The average Bonchev–Trinajstić information content (AvgIpc) is 2.37. The van der Waals surface area contributed by atoms with E-state index in [1.165, 1.54) is 9.87 Å². The molecule has 1 rings (SSSR count).